The van der Waals surface area contributed by atoms with Gasteiger partial charge in [-0.2, -0.15) is 0 Å². The van der Waals surface area contributed by atoms with E-state index in [2.05, 4.69) is 42.9 Å². The number of fused-ring (bicyclic) bond motifs is 1. The number of nitrogens with zero attached hydrogens (tertiary/aromatic N) is 1. The predicted molar refractivity (Wildman–Crippen MR) is 79.2 cm³/mol. The van der Waals surface area contributed by atoms with Gasteiger partial charge in [0.25, 0.3) is 0 Å². The van der Waals surface area contributed by atoms with E-state index >= 15 is 0 Å². The third kappa shape index (κ3) is 1.76. The van der Waals surface area contributed by atoms with Crippen molar-refractivity contribution in [3.05, 3.63) is 29.0 Å². The van der Waals surface area contributed by atoms with Crippen LogP contribution in [0.3, 0.4) is 0 Å². The van der Waals surface area contributed by atoms with Crippen molar-refractivity contribution in [2.45, 2.75) is 26.2 Å². The first-order valence-corrected chi connectivity index (χ1v) is 6.98. The Balaban J connectivity index is 2.32. The van der Waals surface area contributed by atoms with Gasteiger partial charge in [-0.3, -0.25) is 0 Å². The molecule has 0 aliphatic carbocycles. The summed E-state index contributed by atoms with van der Waals surface area (Å²) >= 11 is 0. The van der Waals surface area contributed by atoms with E-state index < -0.39 is 0 Å². The van der Waals surface area contributed by atoms with Crippen LogP contribution in [0.2, 0.25) is 0 Å². The van der Waals surface area contributed by atoms with Crippen LogP contribution in [0.1, 0.15) is 29.2 Å². The Labute approximate surface area is 114 Å². The lowest BCUT2D eigenvalue weighted by Gasteiger charge is -2.12. The van der Waals surface area contributed by atoms with Gasteiger partial charge in [-0.05, 0) is 44.0 Å². The van der Waals surface area contributed by atoms with Crippen molar-refractivity contribution < 1.29 is 4.74 Å². The van der Waals surface area contributed by atoms with E-state index in [1.165, 1.54) is 34.1 Å². The lowest BCUT2D eigenvalue weighted by atomic mass is 9.99. The maximum Gasteiger partial charge on any atom is 0.143 e. The van der Waals surface area contributed by atoms with E-state index in [4.69, 9.17) is 4.74 Å². The largest absolute Gasteiger partial charge is 0.495 e. The Bertz CT molecular complexity index is 621. The molecule has 1 aliphatic heterocycles. The summed E-state index contributed by atoms with van der Waals surface area (Å²) in [6.45, 7) is 6.65. The van der Waals surface area contributed by atoms with Gasteiger partial charge in [0.1, 0.15) is 5.75 Å². The molecule has 1 atom stereocenters. The topological polar surface area (TPSA) is 26.2 Å². The molecule has 1 aromatic heterocycles. The van der Waals surface area contributed by atoms with Crippen molar-refractivity contribution >= 4 is 10.9 Å². The SMILES string of the molecule is COc1ccc(C)c2c(C)c(C3CCNC3)n(C)c12. The first-order chi connectivity index (χ1) is 9.15. The lowest BCUT2D eigenvalue weighted by Crippen LogP contribution is -2.11. The minimum absolute atomic E-state index is 0.626. The second-order valence-corrected chi connectivity index (χ2v) is 5.57. The zero-order valence-corrected chi connectivity index (χ0v) is 12.2. The van der Waals surface area contributed by atoms with Gasteiger partial charge in [-0.15, -0.1) is 0 Å². The molecule has 1 N–H and O–H groups in total. The molecule has 102 valence electrons. The maximum absolute atomic E-state index is 5.56. The summed E-state index contributed by atoms with van der Waals surface area (Å²) in [4.78, 5) is 0. The molecule has 3 rings (SSSR count). The average molecular weight is 258 g/mol. The van der Waals surface area contributed by atoms with E-state index in [1.807, 2.05) is 0 Å². The Hall–Kier alpha value is -1.48. The summed E-state index contributed by atoms with van der Waals surface area (Å²) in [6, 6.07) is 4.23. The molecule has 0 spiro atoms. The molecule has 1 fully saturated rings. The fourth-order valence-corrected chi connectivity index (χ4v) is 3.61. The number of rotatable bonds is 2. The first-order valence-electron chi connectivity index (χ1n) is 6.98. The number of aryl methyl sites for hydroxylation is 3. The van der Waals surface area contributed by atoms with Gasteiger partial charge in [0.15, 0.2) is 0 Å². The molecule has 0 amide bonds. The van der Waals surface area contributed by atoms with Crippen molar-refractivity contribution in [3.8, 4) is 5.75 Å². The molecule has 3 heteroatoms. The Morgan fingerprint density at radius 3 is 2.74 bits per heavy atom. The predicted octanol–water partition coefficient (Wildman–Crippen LogP) is 2.88. The molecule has 1 aromatic carbocycles. The van der Waals surface area contributed by atoms with Crippen LogP contribution in [-0.2, 0) is 7.05 Å². The summed E-state index contributed by atoms with van der Waals surface area (Å²) in [5.41, 5.74) is 5.46. The van der Waals surface area contributed by atoms with E-state index in [9.17, 15) is 0 Å². The van der Waals surface area contributed by atoms with Gasteiger partial charge in [0, 0.05) is 30.6 Å². The van der Waals surface area contributed by atoms with E-state index in [0.29, 0.717) is 5.92 Å². The van der Waals surface area contributed by atoms with E-state index in [-0.39, 0.29) is 0 Å². The summed E-state index contributed by atoms with van der Waals surface area (Å²) in [6.07, 6.45) is 1.23. The third-order valence-corrected chi connectivity index (χ3v) is 4.47. The average Bonchev–Trinajstić information content (AvgIpc) is 2.99. The highest BCUT2D eigenvalue weighted by molar-refractivity contribution is 5.93. The number of aromatic nitrogens is 1. The third-order valence-electron chi connectivity index (χ3n) is 4.47. The van der Waals surface area contributed by atoms with Crippen LogP contribution in [0.4, 0.5) is 0 Å². The lowest BCUT2D eigenvalue weighted by molar-refractivity contribution is 0.417. The van der Waals surface area contributed by atoms with Crippen LogP contribution in [0.5, 0.6) is 5.75 Å². The highest BCUT2D eigenvalue weighted by atomic mass is 16.5. The summed E-state index contributed by atoms with van der Waals surface area (Å²) in [5.74, 6) is 1.60. The highest BCUT2D eigenvalue weighted by Crippen LogP contribution is 2.38. The van der Waals surface area contributed by atoms with Gasteiger partial charge in [0.2, 0.25) is 0 Å². The van der Waals surface area contributed by atoms with Crippen LogP contribution in [0.25, 0.3) is 10.9 Å². The van der Waals surface area contributed by atoms with E-state index in [1.54, 1.807) is 7.11 Å². The monoisotopic (exact) mass is 258 g/mol. The number of hydrogen-bond donors (Lipinski definition) is 1. The summed E-state index contributed by atoms with van der Waals surface area (Å²) in [5, 5.41) is 4.83. The van der Waals surface area contributed by atoms with Crippen molar-refractivity contribution in [1.29, 1.82) is 0 Å². The van der Waals surface area contributed by atoms with Crippen LogP contribution < -0.4 is 10.1 Å². The second kappa shape index (κ2) is 4.57. The van der Waals surface area contributed by atoms with Crippen molar-refractivity contribution in [2.24, 2.45) is 7.05 Å². The summed E-state index contributed by atoms with van der Waals surface area (Å²) in [7, 11) is 3.92. The van der Waals surface area contributed by atoms with Crippen LogP contribution in [0.15, 0.2) is 12.1 Å². The number of methoxy groups -OCH3 is 1. The van der Waals surface area contributed by atoms with Crippen molar-refractivity contribution in [3.63, 3.8) is 0 Å². The molecule has 0 saturated carbocycles. The van der Waals surface area contributed by atoms with Gasteiger partial charge < -0.3 is 14.6 Å². The quantitative estimate of drug-likeness (QED) is 0.896. The minimum Gasteiger partial charge on any atom is -0.495 e. The zero-order valence-electron chi connectivity index (χ0n) is 12.2. The molecule has 1 unspecified atom stereocenters. The molecule has 0 bridgehead atoms. The van der Waals surface area contributed by atoms with Crippen molar-refractivity contribution in [1.82, 2.24) is 9.88 Å². The van der Waals surface area contributed by atoms with Gasteiger partial charge >= 0.3 is 0 Å². The second-order valence-electron chi connectivity index (χ2n) is 5.57. The molecule has 2 aromatic rings. The first kappa shape index (κ1) is 12.5. The number of hydrogen-bond acceptors (Lipinski definition) is 2. The maximum atomic E-state index is 5.56. The Morgan fingerprint density at radius 1 is 1.32 bits per heavy atom. The zero-order chi connectivity index (χ0) is 13.6. The molecule has 1 aliphatic rings. The van der Waals surface area contributed by atoms with Gasteiger partial charge in [0.05, 0.1) is 12.6 Å². The molecular weight excluding hydrogens is 236 g/mol. The fraction of sp³-hybridized carbons (Fsp3) is 0.500. The molecule has 19 heavy (non-hydrogen) atoms. The fourth-order valence-electron chi connectivity index (χ4n) is 3.61. The Kier molecular flexibility index (Phi) is 3.02. The van der Waals surface area contributed by atoms with Gasteiger partial charge in [-0.1, -0.05) is 6.07 Å². The Morgan fingerprint density at radius 2 is 2.11 bits per heavy atom. The van der Waals surface area contributed by atoms with Crippen molar-refractivity contribution in [2.75, 3.05) is 20.2 Å². The summed E-state index contributed by atoms with van der Waals surface area (Å²) < 4.78 is 7.90. The highest BCUT2D eigenvalue weighted by Gasteiger charge is 2.25. The number of benzene rings is 1. The number of ether oxygens (including phenoxy) is 1. The molecule has 0 radical (unpaired) electrons. The van der Waals surface area contributed by atoms with E-state index in [0.717, 1.165) is 18.8 Å². The molecule has 3 nitrogen and oxygen atoms in total. The molecule has 2 heterocycles. The number of nitrogens with one attached hydrogen (secondary N) is 1. The minimum atomic E-state index is 0.626. The molecular formula is C16H22N2O. The normalized spacial score (nSPS) is 19.3. The van der Waals surface area contributed by atoms with Gasteiger partial charge in [-0.25, -0.2) is 0 Å². The smallest absolute Gasteiger partial charge is 0.143 e. The standard InChI is InChI=1S/C16H22N2O/c1-10-5-6-13(19-4)16-14(10)11(2)15(18(16)3)12-7-8-17-9-12/h5-6,12,17H,7-9H2,1-4H3. The molecule has 1 saturated heterocycles. The van der Waals surface area contributed by atoms with Crippen LogP contribution in [-0.4, -0.2) is 24.8 Å². The van der Waals surface area contributed by atoms with Crippen LogP contribution in [0, 0.1) is 13.8 Å². The van der Waals surface area contributed by atoms with Crippen LogP contribution >= 0.6 is 0 Å².